The number of amides is 1. The third-order valence-corrected chi connectivity index (χ3v) is 8.30. The van der Waals surface area contributed by atoms with Gasteiger partial charge in [-0.3, -0.25) is 9.10 Å². The zero-order valence-electron chi connectivity index (χ0n) is 20.0. The molecule has 0 fully saturated rings. The standard InChI is InChI=1S/C27H32N2O3S2/c1-4-24-7-5-6-8-26(24)29(34(31,32)25-15-11-22(3)12-16-25)19-27(30)28-17-18-33-20-23-13-9-21(2)10-14-23/h5-16H,4,17-20H2,1-3H3,(H,28,30). The van der Waals surface area contributed by atoms with Crippen LogP contribution in [0.2, 0.25) is 0 Å². The van der Waals surface area contributed by atoms with Crippen LogP contribution in [0.5, 0.6) is 0 Å². The van der Waals surface area contributed by atoms with E-state index >= 15 is 0 Å². The maximum Gasteiger partial charge on any atom is 0.264 e. The van der Waals surface area contributed by atoms with Crippen molar-refractivity contribution in [2.45, 2.75) is 37.8 Å². The highest BCUT2D eigenvalue weighted by molar-refractivity contribution is 7.98. The molecule has 3 aromatic carbocycles. The van der Waals surface area contributed by atoms with Crippen LogP contribution in [-0.4, -0.2) is 33.2 Å². The van der Waals surface area contributed by atoms with Crippen molar-refractivity contribution >= 4 is 33.4 Å². The summed E-state index contributed by atoms with van der Waals surface area (Å²) in [7, 11) is -3.91. The van der Waals surface area contributed by atoms with Gasteiger partial charge in [0.1, 0.15) is 6.54 Å². The minimum Gasteiger partial charge on any atom is -0.354 e. The van der Waals surface area contributed by atoms with E-state index in [1.54, 1.807) is 48.2 Å². The molecule has 0 aromatic heterocycles. The Bertz CT molecular complexity index is 1190. The highest BCUT2D eigenvalue weighted by Crippen LogP contribution is 2.27. The number of anilines is 1. The lowest BCUT2D eigenvalue weighted by Crippen LogP contribution is -2.41. The van der Waals surface area contributed by atoms with Crippen LogP contribution in [0.25, 0.3) is 0 Å². The Balaban J connectivity index is 1.68. The fraction of sp³-hybridized carbons (Fsp3) is 0.296. The lowest BCUT2D eigenvalue weighted by Gasteiger charge is -2.26. The summed E-state index contributed by atoms with van der Waals surface area (Å²) in [6, 6.07) is 22.4. The van der Waals surface area contributed by atoms with Gasteiger partial charge in [-0.1, -0.05) is 72.6 Å². The Kier molecular flexibility index (Phi) is 9.19. The van der Waals surface area contributed by atoms with Gasteiger partial charge in [0, 0.05) is 18.1 Å². The summed E-state index contributed by atoms with van der Waals surface area (Å²) in [5.74, 6) is 1.29. The average molecular weight is 497 g/mol. The summed E-state index contributed by atoms with van der Waals surface area (Å²) in [6.45, 7) is 6.15. The third kappa shape index (κ3) is 6.87. The first-order valence-electron chi connectivity index (χ1n) is 11.4. The summed E-state index contributed by atoms with van der Waals surface area (Å²) < 4.78 is 28.3. The van der Waals surface area contributed by atoms with Crippen LogP contribution < -0.4 is 9.62 Å². The van der Waals surface area contributed by atoms with Crippen LogP contribution in [0.1, 0.15) is 29.2 Å². The van der Waals surface area contributed by atoms with Gasteiger partial charge < -0.3 is 5.32 Å². The monoisotopic (exact) mass is 496 g/mol. The molecule has 5 nitrogen and oxygen atoms in total. The van der Waals surface area contributed by atoms with E-state index in [0.29, 0.717) is 18.7 Å². The van der Waals surface area contributed by atoms with Crippen molar-refractivity contribution in [3.63, 3.8) is 0 Å². The Morgan fingerprint density at radius 3 is 2.18 bits per heavy atom. The highest BCUT2D eigenvalue weighted by atomic mass is 32.2. The Labute approximate surface area is 207 Å². The first-order valence-corrected chi connectivity index (χ1v) is 14.0. The molecule has 0 unspecified atom stereocenters. The largest absolute Gasteiger partial charge is 0.354 e. The molecular weight excluding hydrogens is 464 g/mol. The Hall–Kier alpha value is -2.77. The van der Waals surface area contributed by atoms with Crippen LogP contribution in [-0.2, 0) is 27.0 Å². The van der Waals surface area contributed by atoms with Gasteiger partial charge in [-0.15, -0.1) is 0 Å². The molecule has 0 saturated carbocycles. The van der Waals surface area contributed by atoms with Crippen molar-refractivity contribution in [1.82, 2.24) is 5.32 Å². The molecule has 0 aliphatic carbocycles. The van der Waals surface area contributed by atoms with Crippen molar-refractivity contribution in [3.8, 4) is 0 Å². The molecule has 3 aromatic rings. The normalized spacial score (nSPS) is 11.3. The maximum atomic E-state index is 13.5. The second-order valence-corrected chi connectivity index (χ2v) is 11.2. The molecule has 1 amide bonds. The van der Waals surface area contributed by atoms with Gasteiger partial charge in [-0.05, 0) is 49.6 Å². The molecule has 0 aliphatic heterocycles. The average Bonchev–Trinajstić information content (AvgIpc) is 2.83. The van der Waals surface area contributed by atoms with Crippen LogP contribution in [0.15, 0.2) is 77.7 Å². The smallest absolute Gasteiger partial charge is 0.264 e. The number of nitrogens with one attached hydrogen (secondary N) is 1. The number of para-hydroxylation sites is 1. The first-order chi connectivity index (χ1) is 16.3. The molecule has 0 spiro atoms. The van der Waals surface area contributed by atoms with Crippen LogP contribution in [0.4, 0.5) is 5.69 Å². The number of hydrogen-bond acceptors (Lipinski definition) is 4. The second-order valence-electron chi connectivity index (χ2n) is 8.20. The zero-order chi connectivity index (χ0) is 24.6. The molecule has 7 heteroatoms. The maximum absolute atomic E-state index is 13.5. The van der Waals surface area contributed by atoms with Crippen molar-refractivity contribution in [2.24, 2.45) is 0 Å². The van der Waals surface area contributed by atoms with E-state index in [2.05, 4.69) is 36.5 Å². The van der Waals surface area contributed by atoms with Crippen LogP contribution in [0, 0.1) is 13.8 Å². The number of sulfonamides is 1. The quantitative estimate of drug-likeness (QED) is 0.375. The molecule has 0 saturated heterocycles. The van der Waals surface area contributed by atoms with Gasteiger partial charge in [0.15, 0.2) is 0 Å². The number of hydrogen-bond donors (Lipinski definition) is 1. The number of rotatable bonds is 11. The number of benzene rings is 3. The molecule has 180 valence electrons. The van der Waals surface area contributed by atoms with Crippen molar-refractivity contribution in [1.29, 1.82) is 0 Å². The molecule has 0 bridgehead atoms. The molecule has 1 N–H and O–H groups in total. The van der Waals surface area contributed by atoms with E-state index < -0.39 is 10.0 Å². The summed E-state index contributed by atoms with van der Waals surface area (Å²) in [5.41, 5.74) is 4.86. The molecule has 0 aliphatic rings. The van der Waals surface area contributed by atoms with Gasteiger partial charge in [0.25, 0.3) is 10.0 Å². The SMILES string of the molecule is CCc1ccccc1N(CC(=O)NCCSCc1ccc(C)cc1)S(=O)(=O)c1ccc(C)cc1. The van der Waals surface area contributed by atoms with Crippen LogP contribution in [0.3, 0.4) is 0 Å². The van der Waals surface area contributed by atoms with Crippen molar-refractivity contribution in [3.05, 3.63) is 95.1 Å². The number of thioether (sulfide) groups is 1. The topological polar surface area (TPSA) is 66.5 Å². The van der Waals surface area contributed by atoms with Gasteiger partial charge in [-0.2, -0.15) is 11.8 Å². The van der Waals surface area contributed by atoms with E-state index in [9.17, 15) is 13.2 Å². The number of aryl methyl sites for hydroxylation is 3. The molecule has 3 rings (SSSR count). The molecule has 0 radical (unpaired) electrons. The summed E-state index contributed by atoms with van der Waals surface area (Å²) in [4.78, 5) is 13.0. The minimum absolute atomic E-state index is 0.172. The molecule has 0 heterocycles. The number of carbonyl (C=O) groups excluding carboxylic acids is 1. The molecule has 34 heavy (non-hydrogen) atoms. The van der Waals surface area contributed by atoms with E-state index in [1.165, 1.54) is 15.4 Å². The summed E-state index contributed by atoms with van der Waals surface area (Å²) >= 11 is 1.73. The Morgan fingerprint density at radius 2 is 1.53 bits per heavy atom. The first kappa shape index (κ1) is 25.8. The van der Waals surface area contributed by atoms with Crippen molar-refractivity contribution < 1.29 is 13.2 Å². The number of nitrogens with zero attached hydrogens (tertiary/aromatic N) is 1. The predicted octanol–water partition coefficient (Wildman–Crippen LogP) is 5.11. The second kappa shape index (κ2) is 12.1. The third-order valence-electron chi connectivity index (χ3n) is 5.50. The molecule has 0 atom stereocenters. The van der Waals surface area contributed by atoms with Gasteiger partial charge in [0.05, 0.1) is 10.6 Å². The fourth-order valence-corrected chi connectivity index (χ4v) is 5.79. The summed E-state index contributed by atoms with van der Waals surface area (Å²) in [6.07, 6.45) is 0.660. The van der Waals surface area contributed by atoms with E-state index in [-0.39, 0.29) is 17.3 Å². The fourth-order valence-electron chi connectivity index (χ4n) is 3.51. The lowest BCUT2D eigenvalue weighted by atomic mass is 10.1. The van der Waals surface area contributed by atoms with Gasteiger partial charge in [0.2, 0.25) is 5.91 Å². The zero-order valence-corrected chi connectivity index (χ0v) is 21.6. The summed E-state index contributed by atoms with van der Waals surface area (Å²) in [5, 5.41) is 2.88. The number of carbonyl (C=O) groups is 1. The van der Waals surface area contributed by atoms with E-state index in [1.807, 2.05) is 26.0 Å². The van der Waals surface area contributed by atoms with Crippen LogP contribution >= 0.6 is 11.8 Å². The Morgan fingerprint density at radius 1 is 0.912 bits per heavy atom. The van der Waals surface area contributed by atoms with E-state index in [4.69, 9.17) is 0 Å². The highest BCUT2D eigenvalue weighted by Gasteiger charge is 2.28. The van der Waals surface area contributed by atoms with E-state index in [0.717, 1.165) is 22.6 Å². The van der Waals surface area contributed by atoms with Gasteiger partial charge in [-0.25, -0.2) is 8.42 Å². The molecular formula is C27H32N2O3S2. The minimum atomic E-state index is -3.91. The van der Waals surface area contributed by atoms with Crippen molar-refractivity contribution in [2.75, 3.05) is 23.1 Å². The predicted molar refractivity (Wildman–Crippen MR) is 142 cm³/mol. The van der Waals surface area contributed by atoms with Gasteiger partial charge >= 0.3 is 0 Å². The lowest BCUT2D eigenvalue weighted by molar-refractivity contribution is -0.119.